The van der Waals surface area contributed by atoms with Crippen molar-refractivity contribution in [1.82, 2.24) is 0 Å². The molecule has 20 heavy (non-hydrogen) atoms. The fourth-order valence-corrected chi connectivity index (χ4v) is 3.07. The maximum absolute atomic E-state index is 12.3. The van der Waals surface area contributed by atoms with Gasteiger partial charge in [0.15, 0.2) is 0 Å². The molecule has 1 heterocycles. The zero-order valence-electron chi connectivity index (χ0n) is 11.0. The first-order chi connectivity index (χ1) is 9.30. The summed E-state index contributed by atoms with van der Waals surface area (Å²) in [5.41, 5.74) is 2.18. The molecule has 0 unspecified atom stereocenters. The molecule has 0 aliphatic heterocycles. The molecule has 1 aromatic carbocycles. The van der Waals surface area contributed by atoms with Crippen molar-refractivity contribution < 1.29 is 13.2 Å². The van der Waals surface area contributed by atoms with Crippen LogP contribution in [0.1, 0.15) is 15.9 Å². The van der Waals surface area contributed by atoms with Crippen LogP contribution >= 0.6 is 11.3 Å². The summed E-state index contributed by atoms with van der Waals surface area (Å²) in [6.07, 6.45) is 0. The van der Waals surface area contributed by atoms with Crippen molar-refractivity contribution in [3.8, 4) is 0 Å². The number of carbonyl (C=O) groups is 1. The number of thiophene rings is 1. The number of nitrogens with two attached hydrogens (primary N) is 1. The molecule has 7 heteroatoms. The second-order valence-electron chi connectivity index (χ2n) is 4.37. The van der Waals surface area contributed by atoms with Gasteiger partial charge in [-0.3, -0.25) is 4.79 Å². The van der Waals surface area contributed by atoms with E-state index in [-0.39, 0.29) is 10.8 Å². The van der Waals surface area contributed by atoms with Crippen LogP contribution < -0.4 is 10.0 Å². The molecule has 2 N–H and O–H groups in total. The summed E-state index contributed by atoms with van der Waals surface area (Å²) < 4.78 is 22.4. The number of benzene rings is 1. The first-order valence-corrected chi connectivity index (χ1v) is 8.23. The third-order valence-electron chi connectivity index (χ3n) is 2.94. The van der Waals surface area contributed by atoms with Gasteiger partial charge >= 0.3 is 0 Å². The first kappa shape index (κ1) is 14.7. The quantitative estimate of drug-likeness (QED) is 0.941. The van der Waals surface area contributed by atoms with Crippen LogP contribution in [0.25, 0.3) is 0 Å². The van der Waals surface area contributed by atoms with Gasteiger partial charge in [-0.15, -0.1) is 0 Å². The summed E-state index contributed by atoms with van der Waals surface area (Å²) in [5.74, 6) is -0.132. The minimum absolute atomic E-state index is 0.0220. The van der Waals surface area contributed by atoms with Crippen LogP contribution in [0.5, 0.6) is 0 Å². The number of aryl methyl sites for hydroxylation is 1. The van der Waals surface area contributed by atoms with Crippen molar-refractivity contribution in [1.29, 1.82) is 0 Å². The number of carbonyl (C=O) groups excluding carboxylic acids is 1. The highest BCUT2D eigenvalue weighted by atomic mass is 32.2. The van der Waals surface area contributed by atoms with Gasteiger partial charge in [0.1, 0.15) is 0 Å². The van der Waals surface area contributed by atoms with Crippen LogP contribution in [-0.2, 0) is 10.0 Å². The molecule has 0 fully saturated rings. The smallest absolute Gasteiger partial charge is 0.259 e. The SMILES string of the molecule is Cc1cscc1C(=O)N(C)c1ccc(S(N)(=O)=O)cc1. The Morgan fingerprint density at radius 1 is 1.20 bits per heavy atom. The summed E-state index contributed by atoms with van der Waals surface area (Å²) in [6, 6.07) is 5.88. The van der Waals surface area contributed by atoms with Crippen LogP contribution in [0, 0.1) is 6.92 Å². The zero-order chi connectivity index (χ0) is 14.9. The second kappa shape index (κ2) is 5.35. The lowest BCUT2D eigenvalue weighted by molar-refractivity contribution is 0.0993. The molecule has 0 aliphatic carbocycles. The summed E-state index contributed by atoms with van der Waals surface area (Å²) in [7, 11) is -2.07. The predicted molar refractivity (Wildman–Crippen MR) is 79.6 cm³/mol. The monoisotopic (exact) mass is 310 g/mol. The van der Waals surface area contributed by atoms with Gasteiger partial charge in [-0.1, -0.05) is 0 Å². The highest BCUT2D eigenvalue weighted by molar-refractivity contribution is 7.89. The Hall–Kier alpha value is -1.70. The molecule has 0 atom stereocenters. The Balaban J connectivity index is 2.28. The maximum atomic E-state index is 12.3. The number of hydrogen-bond donors (Lipinski definition) is 1. The minimum atomic E-state index is -3.72. The van der Waals surface area contributed by atoms with Crippen LogP contribution in [0.3, 0.4) is 0 Å². The van der Waals surface area contributed by atoms with Crippen LogP contribution in [0.4, 0.5) is 5.69 Å². The predicted octanol–water partition coefficient (Wildman–Crippen LogP) is 1.98. The number of anilines is 1. The van der Waals surface area contributed by atoms with Gasteiger partial charge in [0.05, 0.1) is 10.5 Å². The number of sulfonamides is 1. The molecular formula is C13H14N2O3S2. The van der Waals surface area contributed by atoms with E-state index in [4.69, 9.17) is 5.14 Å². The van der Waals surface area contributed by atoms with Crippen LogP contribution in [0.2, 0.25) is 0 Å². The van der Waals surface area contributed by atoms with Gasteiger partial charge in [-0.2, -0.15) is 11.3 Å². The van der Waals surface area contributed by atoms with Crippen LogP contribution in [0.15, 0.2) is 39.9 Å². The van der Waals surface area contributed by atoms with E-state index in [0.717, 1.165) is 5.56 Å². The Bertz CT molecular complexity index is 733. The molecule has 1 amide bonds. The number of rotatable bonds is 3. The van der Waals surface area contributed by atoms with E-state index in [2.05, 4.69) is 0 Å². The Morgan fingerprint density at radius 3 is 2.25 bits per heavy atom. The summed E-state index contributed by atoms with van der Waals surface area (Å²) >= 11 is 1.47. The van der Waals surface area contributed by atoms with Gasteiger partial charge in [0.25, 0.3) is 5.91 Å². The van der Waals surface area contributed by atoms with Crippen LogP contribution in [-0.4, -0.2) is 21.4 Å². The zero-order valence-corrected chi connectivity index (χ0v) is 12.7. The molecule has 0 spiro atoms. The topological polar surface area (TPSA) is 80.5 Å². The van der Waals surface area contributed by atoms with Crippen molar-refractivity contribution in [2.75, 3.05) is 11.9 Å². The standard InChI is InChI=1S/C13H14N2O3S2/c1-9-7-19-8-12(9)13(16)15(2)10-3-5-11(6-4-10)20(14,17)18/h3-8H,1-2H3,(H2,14,17,18). The lowest BCUT2D eigenvalue weighted by Gasteiger charge is -2.17. The van der Waals surface area contributed by atoms with Crippen molar-refractivity contribution in [3.05, 3.63) is 46.2 Å². The molecule has 0 saturated heterocycles. The van der Waals surface area contributed by atoms with E-state index in [1.807, 2.05) is 12.3 Å². The highest BCUT2D eigenvalue weighted by Crippen LogP contribution is 2.21. The number of hydrogen-bond acceptors (Lipinski definition) is 4. The van der Waals surface area contributed by atoms with Gasteiger partial charge in [-0.05, 0) is 42.1 Å². The van der Waals surface area contributed by atoms with E-state index in [1.165, 1.54) is 28.4 Å². The summed E-state index contributed by atoms with van der Waals surface area (Å²) in [4.78, 5) is 13.8. The molecule has 5 nitrogen and oxygen atoms in total. The molecule has 0 radical (unpaired) electrons. The number of nitrogens with zero attached hydrogens (tertiary/aromatic N) is 1. The summed E-state index contributed by atoms with van der Waals surface area (Å²) in [5, 5.41) is 8.74. The lowest BCUT2D eigenvalue weighted by Crippen LogP contribution is -2.26. The highest BCUT2D eigenvalue weighted by Gasteiger charge is 2.17. The largest absolute Gasteiger partial charge is 0.311 e. The molecule has 0 aliphatic rings. The minimum Gasteiger partial charge on any atom is -0.311 e. The Morgan fingerprint density at radius 2 is 1.80 bits per heavy atom. The number of primary sulfonamides is 1. The fraction of sp³-hybridized carbons (Fsp3) is 0.154. The van der Waals surface area contributed by atoms with Gasteiger partial charge in [-0.25, -0.2) is 13.6 Å². The molecule has 0 saturated carbocycles. The van der Waals surface area contributed by atoms with E-state index in [0.29, 0.717) is 11.3 Å². The van der Waals surface area contributed by atoms with Crippen molar-refractivity contribution in [2.45, 2.75) is 11.8 Å². The van der Waals surface area contributed by atoms with E-state index < -0.39 is 10.0 Å². The third-order valence-corrected chi connectivity index (χ3v) is 4.73. The van der Waals surface area contributed by atoms with E-state index in [1.54, 1.807) is 24.6 Å². The summed E-state index contributed by atoms with van der Waals surface area (Å²) in [6.45, 7) is 1.88. The van der Waals surface area contributed by atoms with Crippen molar-refractivity contribution in [2.24, 2.45) is 5.14 Å². The second-order valence-corrected chi connectivity index (χ2v) is 6.68. The Kier molecular flexibility index (Phi) is 3.94. The molecule has 1 aromatic heterocycles. The van der Waals surface area contributed by atoms with Crippen molar-refractivity contribution >= 4 is 33.0 Å². The molecule has 2 aromatic rings. The van der Waals surface area contributed by atoms with Gasteiger partial charge in [0.2, 0.25) is 10.0 Å². The molecule has 0 bridgehead atoms. The fourth-order valence-electron chi connectivity index (χ4n) is 1.74. The normalized spacial score (nSPS) is 11.3. The Labute approximate surface area is 121 Å². The first-order valence-electron chi connectivity index (χ1n) is 5.74. The van der Waals surface area contributed by atoms with Gasteiger partial charge < -0.3 is 4.90 Å². The van der Waals surface area contributed by atoms with E-state index >= 15 is 0 Å². The van der Waals surface area contributed by atoms with E-state index in [9.17, 15) is 13.2 Å². The van der Waals surface area contributed by atoms with Crippen molar-refractivity contribution in [3.63, 3.8) is 0 Å². The maximum Gasteiger partial charge on any atom is 0.259 e. The number of amides is 1. The average molecular weight is 310 g/mol. The lowest BCUT2D eigenvalue weighted by atomic mass is 10.2. The third kappa shape index (κ3) is 2.90. The van der Waals surface area contributed by atoms with Gasteiger partial charge in [0, 0.05) is 18.1 Å². The molecule has 2 rings (SSSR count). The molecular weight excluding hydrogens is 296 g/mol. The molecule has 106 valence electrons. The average Bonchev–Trinajstić information content (AvgIpc) is 2.82.